The van der Waals surface area contributed by atoms with Gasteiger partial charge in [-0.15, -0.1) is 0 Å². The van der Waals surface area contributed by atoms with Crippen molar-refractivity contribution in [3.8, 4) is 22.3 Å². The molecule has 0 aliphatic rings. The number of fused-ring (bicyclic) bond motifs is 2. The Balaban J connectivity index is 0.000000203. The summed E-state index contributed by atoms with van der Waals surface area (Å²) in [6.07, 6.45) is 0. The summed E-state index contributed by atoms with van der Waals surface area (Å²) < 4.78 is 0. The molecule has 0 spiro atoms. The van der Waals surface area contributed by atoms with Crippen LogP contribution in [0, 0.1) is 13.8 Å². The summed E-state index contributed by atoms with van der Waals surface area (Å²) in [5, 5.41) is 5.30. The molecule has 0 atom stereocenters. The Morgan fingerprint density at radius 1 is 0.275 bits per heavy atom. The van der Waals surface area contributed by atoms with E-state index in [-0.39, 0.29) is 0 Å². The third kappa shape index (κ3) is 6.37. The molecule has 0 aliphatic carbocycles. The van der Waals surface area contributed by atoms with Crippen molar-refractivity contribution in [2.24, 2.45) is 0 Å². The number of rotatable bonds is 2. The smallest absolute Gasteiger partial charge is 0.00266 e. The van der Waals surface area contributed by atoms with Crippen LogP contribution in [0.4, 0.5) is 0 Å². The van der Waals surface area contributed by atoms with Crippen LogP contribution < -0.4 is 0 Å². The Morgan fingerprint density at radius 2 is 0.600 bits per heavy atom. The third-order valence-electron chi connectivity index (χ3n) is 7.09. The van der Waals surface area contributed by atoms with E-state index in [9.17, 15) is 0 Å². The van der Waals surface area contributed by atoms with Crippen LogP contribution in [-0.4, -0.2) is 0 Å². The lowest BCUT2D eigenvalue weighted by Crippen LogP contribution is -1.89. The lowest BCUT2D eigenvalue weighted by atomic mass is 9.88. The van der Waals surface area contributed by atoms with Gasteiger partial charge in [-0.1, -0.05) is 175 Å². The fourth-order valence-corrected chi connectivity index (χ4v) is 5.04. The highest BCUT2D eigenvalue weighted by atomic mass is 14.2. The minimum absolute atomic E-state index is 1.25. The van der Waals surface area contributed by atoms with Crippen molar-refractivity contribution >= 4 is 21.5 Å². The molecule has 0 unspecified atom stereocenters. The van der Waals surface area contributed by atoms with Gasteiger partial charge in [0.15, 0.2) is 0 Å². The van der Waals surface area contributed by atoms with Gasteiger partial charge in [-0.05, 0) is 63.2 Å². The van der Waals surface area contributed by atoms with Gasteiger partial charge in [0.25, 0.3) is 0 Å². The summed E-state index contributed by atoms with van der Waals surface area (Å²) in [5.41, 5.74) is 7.77. The standard InChI is InChI=1S/C27H20.C7H8.C6H6/c1-19-23-11-5-7-13-25(23)27(26-14-8-6-12-24(19)26)22-17-15-21(16-18-22)20-9-3-2-4-10-20;1-7-5-3-2-4-6-7;1-2-4-6-5-3-1/h2-18H,1H3;2-6H,1H3;1-6H. The van der Waals surface area contributed by atoms with E-state index in [4.69, 9.17) is 0 Å². The molecular weight excluding hydrogens is 480 g/mol. The zero-order valence-corrected chi connectivity index (χ0v) is 23.2. The van der Waals surface area contributed by atoms with Crippen molar-refractivity contribution in [2.45, 2.75) is 13.8 Å². The first-order valence-corrected chi connectivity index (χ1v) is 13.8. The molecule has 0 heterocycles. The van der Waals surface area contributed by atoms with Crippen molar-refractivity contribution in [1.82, 2.24) is 0 Å². The summed E-state index contributed by atoms with van der Waals surface area (Å²) in [4.78, 5) is 0. The maximum absolute atomic E-state index is 2.26. The van der Waals surface area contributed by atoms with Crippen molar-refractivity contribution in [1.29, 1.82) is 0 Å². The molecule has 0 saturated carbocycles. The van der Waals surface area contributed by atoms with E-state index in [2.05, 4.69) is 129 Å². The highest BCUT2D eigenvalue weighted by Crippen LogP contribution is 2.39. The van der Waals surface area contributed by atoms with Crippen LogP contribution in [-0.2, 0) is 0 Å². The first-order chi connectivity index (χ1) is 19.7. The van der Waals surface area contributed by atoms with E-state index in [1.54, 1.807) is 0 Å². The number of hydrogen-bond acceptors (Lipinski definition) is 0. The topological polar surface area (TPSA) is 0 Å². The van der Waals surface area contributed by atoms with Crippen LogP contribution >= 0.6 is 0 Å². The normalized spacial score (nSPS) is 10.2. The molecule has 0 amide bonds. The van der Waals surface area contributed by atoms with E-state index in [1.807, 2.05) is 54.6 Å². The SMILES string of the molecule is Cc1c2ccccc2c(-c2ccc(-c3ccccc3)cc2)c2ccccc12.Cc1ccccc1.c1ccccc1. The quantitative estimate of drug-likeness (QED) is 0.201. The molecule has 0 N–H and O–H groups in total. The highest BCUT2D eigenvalue weighted by molar-refractivity contribution is 6.14. The highest BCUT2D eigenvalue weighted by Gasteiger charge is 2.12. The predicted octanol–water partition coefficient (Wildman–Crippen LogP) is 11.3. The summed E-state index contributed by atoms with van der Waals surface area (Å²) in [7, 11) is 0. The van der Waals surface area contributed by atoms with Crippen molar-refractivity contribution in [3.05, 3.63) is 181 Å². The van der Waals surface area contributed by atoms with Gasteiger partial charge in [-0.25, -0.2) is 0 Å². The molecule has 0 nitrogen and oxygen atoms in total. The van der Waals surface area contributed by atoms with Crippen LogP contribution in [0.15, 0.2) is 170 Å². The van der Waals surface area contributed by atoms with Crippen molar-refractivity contribution in [3.63, 3.8) is 0 Å². The summed E-state index contributed by atoms with van der Waals surface area (Å²) in [5.74, 6) is 0. The number of hydrogen-bond donors (Lipinski definition) is 0. The molecule has 0 saturated heterocycles. The molecular formula is C40H34. The molecule has 0 heteroatoms. The Kier molecular flexibility index (Phi) is 8.81. The molecule has 0 bridgehead atoms. The second-order valence-corrected chi connectivity index (χ2v) is 9.84. The van der Waals surface area contributed by atoms with Crippen LogP contribution in [0.5, 0.6) is 0 Å². The average Bonchev–Trinajstić information content (AvgIpc) is 3.04. The van der Waals surface area contributed by atoms with Crippen molar-refractivity contribution in [2.75, 3.05) is 0 Å². The van der Waals surface area contributed by atoms with Crippen LogP contribution in [0.3, 0.4) is 0 Å². The zero-order chi connectivity index (χ0) is 27.6. The van der Waals surface area contributed by atoms with E-state index >= 15 is 0 Å². The van der Waals surface area contributed by atoms with Gasteiger partial charge in [-0.3, -0.25) is 0 Å². The largest absolute Gasteiger partial charge is 0.0623 e. The lowest BCUT2D eigenvalue weighted by Gasteiger charge is -2.15. The summed E-state index contributed by atoms with van der Waals surface area (Å²) in [6.45, 7) is 4.31. The second kappa shape index (κ2) is 13.2. The second-order valence-electron chi connectivity index (χ2n) is 9.84. The van der Waals surface area contributed by atoms with Gasteiger partial charge in [0.2, 0.25) is 0 Å². The number of aryl methyl sites for hydroxylation is 2. The van der Waals surface area contributed by atoms with Crippen LogP contribution in [0.25, 0.3) is 43.8 Å². The van der Waals surface area contributed by atoms with E-state index in [0.29, 0.717) is 0 Å². The average molecular weight is 515 g/mol. The van der Waals surface area contributed by atoms with Gasteiger partial charge in [0.1, 0.15) is 0 Å². The Bertz CT molecular complexity index is 1680. The first-order valence-electron chi connectivity index (χ1n) is 13.8. The van der Waals surface area contributed by atoms with Crippen LogP contribution in [0.2, 0.25) is 0 Å². The van der Waals surface area contributed by atoms with Gasteiger partial charge < -0.3 is 0 Å². The molecule has 0 radical (unpaired) electrons. The fourth-order valence-electron chi connectivity index (χ4n) is 5.04. The minimum atomic E-state index is 1.25. The Hall–Kier alpha value is -4.94. The van der Waals surface area contributed by atoms with Gasteiger partial charge in [0.05, 0.1) is 0 Å². The summed E-state index contributed by atoms with van der Waals surface area (Å²) >= 11 is 0. The minimum Gasteiger partial charge on any atom is -0.0623 e. The fraction of sp³-hybridized carbons (Fsp3) is 0.0500. The van der Waals surface area contributed by atoms with Gasteiger partial charge in [-0.2, -0.15) is 0 Å². The van der Waals surface area contributed by atoms with Gasteiger partial charge in [0, 0.05) is 0 Å². The molecule has 40 heavy (non-hydrogen) atoms. The molecule has 194 valence electrons. The van der Waals surface area contributed by atoms with Gasteiger partial charge >= 0.3 is 0 Å². The molecule has 7 aromatic carbocycles. The van der Waals surface area contributed by atoms with E-state index in [0.717, 1.165) is 0 Å². The van der Waals surface area contributed by atoms with Crippen LogP contribution in [0.1, 0.15) is 11.1 Å². The monoisotopic (exact) mass is 514 g/mol. The predicted molar refractivity (Wildman–Crippen MR) is 175 cm³/mol. The Morgan fingerprint density at radius 3 is 1.02 bits per heavy atom. The Labute approximate surface area is 238 Å². The van der Waals surface area contributed by atoms with E-state index < -0.39 is 0 Å². The zero-order valence-electron chi connectivity index (χ0n) is 23.2. The third-order valence-corrected chi connectivity index (χ3v) is 7.09. The summed E-state index contributed by atoms with van der Waals surface area (Å²) in [6, 6.07) is 59.3. The lowest BCUT2D eigenvalue weighted by molar-refractivity contribution is 1.48. The molecule has 7 aromatic rings. The molecule has 7 rings (SSSR count). The first kappa shape index (κ1) is 26.7. The maximum atomic E-state index is 2.26. The van der Waals surface area contributed by atoms with E-state index in [1.165, 1.54) is 54.9 Å². The number of benzene rings is 7. The molecule has 0 fully saturated rings. The van der Waals surface area contributed by atoms with Crippen molar-refractivity contribution < 1.29 is 0 Å². The maximum Gasteiger partial charge on any atom is -0.00266 e. The molecule has 0 aliphatic heterocycles. The molecule has 0 aromatic heterocycles.